The van der Waals surface area contributed by atoms with Gasteiger partial charge in [0.15, 0.2) is 5.82 Å². The van der Waals surface area contributed by atoms with Crippen molar-refractivity contribution in [3.8, 4) is 11.4 Å². The van der Waals surface area contributed by atoms with Gasteiger partial charge in [-0.25, -0.2) is 0 Å². The molecule has 6 nitrogen and oxygen atoms in total. The molecule has 23 heavy (non-hydrogen) atoms. The molecule has 1 heterocycles. The highest BCUT2D eigenvalue weighted by atomic mass is 35.5. The van der Waals surface area contributed by atoms with Crippen molar-refractivity contribution in [2.75, 3.05) is 11.9 Å². The Morgan fingerprint density at radius 3 is 2.96 bits per heavy atom. The lowest BCUT2D eigenvalue weighted by Gasteiger charge is -2.17. The average Bonchev–Trinajstić information content (AvgIpc) is 3.15. The maximum Gasteiger partial charge on any atom is 0.227 e. The summed E-state index contributed by atoms with van der Waals surface area (Å²) in [4.78, 5) is 12.4. The zero-order valence-corrected chi connectivity index (χ0v) is 13.9. The SMILES string of the molecule is Cl.Cn1cnnc1-c1cccc(NC(=O)[C@@H]2CCC[C@@H]2CN)c1. The standard InChI is InChI=1S/C16H21N5O.ClH/c1-21-10-18-20-15(21)11-4-2-6-13(8-11)19-16(22)14-7-3-5-12(14)9-17;/h2,4,6,8,10,12,14H,3,5,7,9,17H2,1H3,(H,19,22);1H/t12-,14-;/m1./s1. The predicted molar refractivity (Wildman–Crippen MR) is 92.2 cm³/mol. The molecule has 1 aromatic carbocycles. The molecule has 124 valence electrons. The first-order valence-electron chi connectivity index (χ1n) is 7.64. The number of rotatable bonds is 4. The van der Waals surface area contributed by atoms with Gasteiger partial charge in [-0.3, -0.25) is 4.79 Å². The summed E-state index contributed by atoms with van der Waals surface area (Å²) in [6.07, 6.45) is 4.72. The predicted octanol–water partition coefficient (Wildman–Crippen LogP) is 2.22. The van der Waals surface area contributed by atoms with Crippen molar-refractivity contribution in [2.24, 2.45) is 24.6 Å². The van der Waals surface area contributed by atoms with E-state index in [1.807, 2.05) is 35.9 Å². The number of amides is 1. The van der Waals surface area contributed by atoms with Crippen molar-refractivity contribution >= 4 is 24.0 Å². The summed E-state index contributed by atoms with van der Waals surface area (Å²) < 4.78 is 1.85. The summed E-state index contributed by atoms with van der Waals surface area (Å²) in [5.41, 5.74) is 7.48. The van der Waals surface area contributed by atoms with E-state index in [9.17, 15) is 4.79 Å². The van der Waals surface area contributed by atoms with Gasteiger partial charge in [0, 0.05) is 24.2 Å². The first kappa shape index (κ1) is 17.4. The van der Waals surface area contributed by atoms with Crippen LogP contribution in [0.3, 0.4) is 0 Å². The first-order valence-corrected chi connectivity index (χ1v) is 7.64. The number of benzene rings is 1. The second-order valence-electron chi connectivity index (χ2n) is 5.87. The molecule has 7 heteroatoms. The largest absolute Gasteiger partial charge is 0.330 e. The van der Waals surface area contributed by atoms with Gasteiger partial charge in [0.2, 0.25) is 5.91 Å². The van der Waals surface area contributed by atoms with Crippen molar-refractivity contribution in [3.05, 3.63) is 30.6 Å². The van der Waals surface area contributed by atoms with Gasteiger partial charge < -0.3 is 15.6 Å². The van der Waals surface area contributed by atoms with Crippen LogP contribution in [-0.4, -0.2) is 27.2 Å². The Kier molecular flexibility index (Phi) is 5.74. The van der Waals surface area contributed by atoms with Crippen molar-refractivity contribution in [2.45, 2.75) is 19.3 Å². The molecule has 2 aromatic rings. The summed E-state index contributed by atoms with van der Waals surface area (Å²) in [7, 11) is 1.89. The fraction of sp³-hybridized carbons (Fsp3) is 0.438. The number of aryl methyl sites for hydroxylation is 1. The molecule has 3 rings (SSSR count). The van der Waals surface area contributed by atoms with E-state index in [0.29, 0.717) is 12.5 Å². The number of anilines is 1. The van der Waals surface area contributed by atoms with Gasteiger partial charge in [-0.1, -0.05) is 18.6 Å². The number of nitrogens with zero attached hydrogens (tertiary/aromatic N) is 3. The van der Waals surface area contributed by atoms with Crippen LogP contribution >= 0.6 is 12.4 Å². The number of nitrogens with two attached hydrogens (primary N) is 1. The van der Waals surface area contributed by atoms with Crippen LogP contribution in [0.25, 0.3) is 11.4 Å². The molecule has 0 spiro atoms. The van der Waals surface area contributed by atoms with Gasteiger partial charge in [-0.15, -0.1) is 22.6 Å². The van der Waals surface area contributed by atoms with Gasteiger partial charge in [0.25, 0.3) is 0 Å². The molecule has 2 atom stereocenters. The van der Waals surface area contributed by atoms with Crippen LogP contribution in [0.1, 0.15) is 19.3 Å². The van der Waals surface area contributed by atoms with E-state index in [0.717, 1.165) is 36.3 Å². The summed E-state index contributed by atoms with van der Waals surface area (Å²) in [5.74, 6) is 1.19. The summed E-state index contributed by atoms with van der Waals surface area (Å²) >= 11 is 0. The number of carbonyl (C=O) groups excluding carboxylic acids is 1. The van der Waals surface area contributed by atoms with Gasteiger partial charge in [0.05, 0.1) is 0 Å². The number of hydrogen-bond donors (Lipinski definition) is 2. The van der Waals surface area contributed by atoms with Crippen molar-refractivity contribution in [1.82, 2.24) is 14.8 Å². The Balaban J connectivity index is 0.00000192. The third kappa shape index (κ3) is 3.71. The lowest BCUT2D eigenvalue weighted by Crippen LogP contribution is -2.29. The maximum atomic E-state index is 12.4. The third-order valence-corrected chi connectivity index (χ3v) is 4.40. The van der Waals surface area contributed by atoms with Gasteiger partial charge >= 0.3 is 0 Å². The normalized spacial score (nSPS) is 20.1. The van der Waals surface area contributed by atoms with Crippen LogP contribution in [0.4, 0.5) is 5.69 Å². The Morgan fingerprint density at radius 2 is 2.26 bits per heavy atom. The number of carbonyl (C=O) groups is 1. The smallest absolute Gasteiger partial charge is 0.227 e. The van der Waals surface area contributed by atoms with Crippen molar-refractivity contribution in [1.29, 1.82) is 0 Å². The van der Waals surface area contributed by atoms with Gasteiger partial charge in [0.1, 0.15) is 6.33 Å². The molecule has 1 amide bonds. The Hall–Kier alpha value is -1.92. The zero-order valence-electron chi connectivity index (χ0n) is 13.1. The summed E-state index contributed by atoms with van der Waals surface area (Å²) in [5, 5.41) is 11.0. The van der Waals surface area contributed by atoms with E-state index in [2.05, 4.69) is 15.5 Å². The molecule has 0 saturated heterocycles. The molecule has 1 aromatic heterocycles. The number of halogens is 1. The monoisotopic (exact) mass is 335 g/mol. The summed E-state index contributed by atoms with van der Waals surface area (Å²) in [6.45, 7) is 0.580. The lowest BCUT2D eigenvalue weighted by atomic mass is 9.95. The van der Waals surface area contributed by atoms with E-state index >= 15 is 0 Å². The molecule has 0 unspecified atom stereocenters. The molecule has 0 aliphatic heterocycles. The van der Waals surface area contributed by atoms with Gasteiger partial charge in [-0.05, 0) is 37.4 Å². The first-order chi connectivity index (χ1) is 10.7. The van der Waals surface area contributed by atoms with Crippen LogP contribution in [-0.2, 0) is 11.8 Å². The van der Waals surface area contributed by atoms with Crippen molar-refractivity contribution in [3.63, 3.8) is 0 Å². The molecular formula is C16H22ClN5O. The lowest BCUT2D eigenvalue weighted by molar-refractivity contribution is -0.120. The Bertz CT molecular complexity index is 672. The van der Waals surface area contributed by atoms with E-state index < -0.39 is 0 Å². The molecule has 0 radical (unpaired) electrons. The minimum absolute atomic E-state index is 0. The highest BCUT2D eigenvalue weighted by Gasteiger charge is 2.31. The zero-order chi connectivity index (χ0) is 15.5. The topological polar surface area (TPSA) is 85.8 Å². The minimum atomic E-state index is 0. The second kappa shape index (κ2) is 7.57. The maximum absolute atomic E-state index is 12.4. The van der Waals surface area contributed by atoms with Gasteiger partial charge in [-0.2, -0.15) is 0 Å². The van der Waals surface area contributed by atoms with Crippen LogP contribution in [0, 0.1) is 11.8 Å². The average molecular weight is 336 g/mol. The molecule has 0 bridgehead atoms. The fourth-order valence-corrected chi connectivity index (χ4v) is 3.18. The van der Waals surface area contributed by atoms with Crippen molar-refractivity contribution < 1.29 is 4.79 Å². The quantitative estimate of drug-likeness (QED) is 0.897. The molecule has 3 N–H and O–H groups in total. The summed E-state index contributed by atoms with van der Waals surface area (Å²) in [6, 6.07) is 7.69. The van der Waals surface area contributed by atoms with Crippen LogP contribution in [0.2, 0.25) is 0 Å². The van der Waals surface area contributed by atoms with E-state index in [-0.39, 0.29) is 24.2 Å². The molecule has 1 aliphatic rings. The van der Waals surface area contributed by atoms with E-state index in [1.165, 1.54) is 0 Å². The number of nitrogens with one attached hydrogen (secondary N) is 1. The van der Waals surface area contributed by atoms with Crippen LogP contribution in [0.5, 0.6) is 0 Å². The Morgan fingerprint density at radius 1 is 1.43 bits per heavy atom. The molecule has 1 fully saturated rings. The third-order valence-electron chi connectivity index (χ3n) is 4.40. The second-order valence-corrected chi connectivity index (χ2v) is 5.87. The number of aromatic nitrogens is 3. The van der Waals surface area contributed by atoms with Crippen LogP contribution < -0.4 is 11.1 Å². The minimum Gasteiger partial charge on any atom is -0.330 e. The van der Waals surface area contributed by atoms with Crippen LogP contribution in [0.15, 0.2) is 30.6 Å². The highest BCUT2D eigenvalue weighted by Crippen LogP contribution is 2.32. The van der Waals surface area contributed by atoms with E-state index in [4.69, 9.17) is 5.73 Å². The molecular weight excluding hydrogens is 314 g/mol. The highest BCUT2D eigenvalue weighted by molar-refractivity contribution is 5.93. The van der Waals surface area contributed by atoms with E-state index in [1.54, 1.807) is 6.33 Å². The molecule has 1 saturated carbocycles. The Labute approximate surface area is 141 Å². The molecule has 1 aliphatic carbocycles. The fourth-order valence-electron chi connectivity index (χ4n) is 3.18. The number of hydrogen-bond acceptors (Lipinski definition) is 4.